The normalized spacial score (nSPS) is 10.4. The van der Waals surface area contributed by atoms with Crippen molar-refractivity contribution in [1.82, 2.24) is 0 Å². The molecular weight excluding hydrogens is 534 g/mol. The van der Waals surface area contributed by atoms with Gasteiger partial charge in [-0.25, -0.2) is 9.59 Å². The molecule has 0 aliphatic heterocycles. The monoisotopic (exact) mass is 552 g/mol. The topological polar surface area (TPSA) is 63.6 Å². The zero-order valence-electron chi connectivity index (χ0n) is 13.5. The number of aromatic carboxylic acids is 1. The number of carbonyl (C=O) groups is 2. The molecule has 0 fully saturated rings. The minimum Gasteiger partial charge on any atom is -0.478 e. The van der Waals surface area contributed by atoms with Crippen molar-refractivity contribution in [3.8, 4) is 0 Å². The lowest BCUT2D eigenvalue weighted by atomic mass is 10.2. The van der Waals surface area contributed by atoms with Gasteiger partial charge < -0.3 is 9.84 Å². The first-order valence-corrected chi connectivity index (χ1v) is 9.23. The second-order valence-electron chi connectivity index (χ2n) is 5.77. The zero-order chi connectivity index (χ0) is 18.3. The average molecular weight is 552 g/mol. The molecule has 4 nitrogen and oxygen atoms in total. The highest BCUT2D eigenvalue weighted by Gasteiger charge is 2.19. The van der Waals surface area contributed by atoms with Gasteiger partial charge in [-0.2, -0.15) is 0 Å². The quantitative estimate of drug-likeness (QED) is 0.410. The summed E-state index contributed by atoms with van der Waals surface area (Å²) < 4.78 is 6.95. The molecule has 6 heteroatoms. The highest BCUT2D eigenvalue weighted by Crippen LogP contribution is 2.16. The number of halogens is 2. The molecule has 0 spiro atoms. The first kappa shape index (κ1) is 20.9. The van der Waals surface area contributed by atoms with Gasteiger partial charge in [-0.1, -0.05) is 24.3 Å². The van der Waals surface area contributed by atoms with Crippen LogP contribution in [-0.4, -0.2) is 22.6 Å². The summed E-state index contributed by atoms with van der Waals surface area (Å²) in [6.07, 6.45) is 0. The summed E-state index contributed by atoms with van der Waals surface area (Å²) in [5.41, 5.74) is 0.557. The van der Waals surface area contributed by atoms with Gasteiger partial charge in [0.2, 0.25) is 0 Å². The van der Waals surface area contributed by atoms with Crippen molar-refractivity contribution in [2.24, 2.45) is 0 Å². The molecule has 2 aromatic rings. The maximum atomic E-state index is 11.7. The molecule has 0 aliphatic rings. The van der Waals surface area contributed by atoms with Crippen molar-refractivity contribution in [3.63, 3.8) is 0 Å². The standard InChI is InChI=1S/C11H13IO2.C7H5IO2/c1-11(2,3)14-10(13)8-6-4-5-7-9(8)12;8-6-4-2-1-3-5(6)7(9)10/h4-7H,1-3H3;1-4H,(H,9,10). The maximum Gasteiger partial charge on any atom is 0.339 e. The van der Waals surface area contributed by atoms with Crippen LogP contribution >= 0.6 is 45.2 Å². The van der Waals surface area contributed by atoms with E-state index in [4.69, 9.17) is 9.84 Å². The van der Waals surface area contributed by atoms with Gasteiger partial charge in [0.05, 0.1) is 11.1 Å². The fourth-order valence-corrected chi connectivity index (χ4v) is 2.82. The van der Waals surface area contributed by atoms with Crippen LogP contribution in [0.25, 0.3) is 0 Å². The lowest BCUT2D eigenvalue weighted by Gasteiger charge is -2.19. The van der Waals surface area contributed by atoms with Crippen molar-refractivity contribution < 1.29 is 19.4 Å². The van der Waals surface area contributed by atoms with E-state index in [-0.39, 0.29) is 5.97 Å². The molecule has 0 bridgehead atoms. The van der Waals surface area contributed by atoms with E-state index in [1.54, 1.807) is 24.3 Å². The predicted octanol–water partition coefficient (Wildman–Crippen LogP) is 5.24. The van der Waals surface area contributed by atoms with E-state index >= 15 is 0 Å². The third-order valence-corrected chi connectivity index (χ3v) is 4.48. The van der Waals surface area contributed by atoms with E-state index in [0.717, 1.165) is 7.14 Å². The zero-order valence-corrected chi connectivity index (χ0v) is 17.9. The summed E-state index contributed by atoms with van der Waals surface area (Å²) >= 11 is 4.12. The van der Waals surface area contributed by atoms with Gasteiger partial charge >= 0.3 is 11.9 Å². The first-order valence-electron chi connectivity index (χ1n) is 7.07. The summed E-state index contributed by atoms with van der Waals surface area (Å²) in [7, 11) is 0. The number of esters is 1. The van der Waals surface area contributed by atoms with E-state index in [0.29, 0.717) is 11.1 Å². The third kappa shape index (κ3) is 7.16. The average Bonchev–Trinajstić information content (AvgIpc) is 2.46. The van der Waals surface area contributed by atoms with Crippen LogP contribution in [0.4, 0.5) is 0 Å². The number of carbonyl (C=O) groups excluding carboxylic acids is 1. The molecule has 2 rings (SSSR count). The van der Waals surface area contributed by atoms with Crippen LogP contribution in [0.3, 0.4) is 0 Å². The van der Waals surface area contributed by atoms with Crippen molar-refractivity contribution in [2.45, 2.75) is 26.4 Å². The molecule has 2 aromatic carbocycles. The minimum absolute atomic E-state index is 0.262. The Balaban J connectivity index is 0.000000254. The molecule has 1 N–H and O–H groups in total. The smallest absolute Gasteiger partial charge is 0.339 e. The van der Waals surface area contributed by atoms with E-state index in [1.165, 1.54) is 0 Å². The SMILES string of the molecule is CC(C)(C)OC(=O)c1ccccc1I.O=C(O)c1ccccc1I. The highest BCUT2D eigenvalue weighted by atomic mass is 127. The van der Waals surface area contributed by atoms with Crippen LogP contribution in [0.5, 0.6) is 0 Å². The fraction of sp³-hybridized carbons (Fsp3) is 0.222. The Labute approximate surface area is 168 Å². The van der Waals surface area contributed by atoms with Crippen molar-refractivity contribution in [2.75, 3.05) is 0 Å². The summed E-state index contributed by atoms with van der Waals surface area (Å²) in [5.74, 6) is -1.13. The van der Waals surface area contributed by atoms with Gasteiger partial charge in [0, 0.05) is 7.14 Å². The number of ether oxygens (including phenoxy) is 1. The lowest BCUT2D eigenvalue weighted by Crippen LogP contribution is -2.24. The number of hydrogen-bond acceptors (Lipinski definition) is 3. The Hall–Kier alpha value is -1.16. The Morgan fingerprint density at radius 2 is 1.29 bits per heavy atom. The number of benzene rings is 2. The van der Waals surface area contributed by atoms with Gasteiger partial charge in [-0.05, 0) is 90.2 Å². The second kappa shape index (κ2) is 9.36. The van der Waals surface area contributed by atoms with Crippen LogP contribution in [0.15, 0.2) is 48.5 Å². The summed E-state index contributed by atoms with van der Waals surface area (Å²) in [6, 6.07) is 14.3. The number of rotatable bonds is 2. The molecule has 0 aliphatic carbocycles. The van der Waals surface area contributed by atoms with Crippen LogP contribution in [-0.2, 0) is 4.74 Å². The van der Waals surface area contributed by atoms with Gasteiger partial charge in [-0.3, -0.25) is 0 Å². The van der Waals surface area contributed by atoms with Crippen LogP contribution in [0.2, 0.25) is 0 Å². The van der Waals surface area contributed by atoms with Gasteiger partial charge in [0.1, 0.15) is 5.60 Å². The van der Waals surface area contributed by atoms with Crippen LogP contribution in [0, 0.1) is 7.14 Å². The molecule has 24 heavy (non-hydrogen) atoms. The predicted molar refractivity (Wildman–Crippen MR) is 110 cm³/mol. The fourth-order valence-electron chi connectivity index (χ4n) is 1.59. The Bertz CT molecular complexity index is 721. The summed E-state index contributed by atoms with van der Waals surface area (Å²) in [4.78, 5) is 22.1. The molecule has 0 amide bonds. The molecule has 0 aromatic heterocycles. The van der Waals surface area contributed by atoms with Gasteiger partial charge in [0.25, 0.3) is 0 Å². The van der Waals surface area contributed by atoms with Crippen LogP contribution < -0.4 is 0 Å². The molecule has 0 atom stereocenters. The van der Waals surface area contributed by atoms with Crippen LogP contribution in [0.1, 0.15) is 41.5 Å². The highest BCUT2D eigenvalue weighted by molar-refractivity contribution is 14.1. The van der Waals surface area contributed by atoms with Crippen molar-refractivity contribution in [3.05, 3.63) is 66.8 Å². The van der Waals surface area contributed by atoms with E-state index in [2.05, 4.69) is 22.6 Å². The Morgan fingerprint density at radius 1 is 0.875 bits per heavy atom. The minimum atomic E-state index is -0.870. The third-order valence-electron chi connectivity index (χ3n) is 2.60. The molecular formula is C18H18I2O4. The summed E-state index contributed by atoms with van der Waals surface area (Å²) in [5, 5.41) is 8.56. The molecule has 0 radical (unpaired) electrons. The molecule has 128 valence electrons. The number of carboxylic acid groups (broad SMARTS) is 1. The number of hydrogen-bond donors (Lipinski definition) is 1. The Kier molecular flexibility index (Phi) is 8.14. The number of carboxylic acids is 1. The van der Waals surface area contributed by atoms with E-state index in [1.807, 2.05) is 67.6 Å². The molecule has 0 saturated carbocycles. The van der Waals surface area contributed by atoms with Crippen molar-refractivity contribution in [1.29, 1.82) is 0 Å². The van der Waals surface area contributed by atoms with Crippen molar-refractivity contribution >= 4 is 57.1 Å². The van der Waals surface area contributed by atoms with Gasteiger partial charge in [-0.15, -0.1) is 0 Å². The van der Waals surface area contributed by atoms with Gasteiger partial charge in [0.15, 0.2) is 0 Å². The molecule has 0 heterocycles. The molecule has 0 saturated heterocycles. The largest absolute Gasteiger partial charge is 0.478 e. The Morgan fingerprint density at radius 3 is 1.62 bits per heavy atom. The molecule has 0 unspecified atom stereocenters. The maximum absolute atomic E-state index is 11.7. The van der Waals surface area contributed by atoms with E-state index < -0.39 is 11.6 Å². The lowest BCUT2D eigenvalue weighted by molar-refractivity contribution is 0.00681. The first-order chi connectivity index (χ1) is 11.1. The summed E-state index contributed by atoms with van der Waals surface area (Å²) in [6.45, 7) is 5.59. The second-order valence-corrected chi connectivity index (χ2v) is 8.09. The van der Waals surface area contributed by atoms with E-state index in [9.17, 15) is 9.59 Å².